The van der Waals surface area contributed by atoms with Gasteiger partial charge in [-0.25, -0.2) is 9.59 Å². The highest BCUT2D eigenvalue weighted by Gasteiger charge is 1.87. The second-order valence-electron chi connectivity index (χ2n) is 2.36. The van der Waals surface area contributed by atoms with Gasteiger partial charge in [0.25, 0.3) is 0 Å². The molecular weight excluding hydrogens is 204 g/mol. The average Bonchev–Trinajstić information content (AvgIpc) is 2.12. The third kappa shape index (κ3) is 24.5. The SMILES string of the molecule is CC(O)C=CC(=O)O.O=C(O)C=CCO. The van der Waals surface area contributed by atoms with E-state index >= 15 is 0 Å². The summed E-state index contributed by atoms with van der Waals surface area (Å²) in [6.07, 6.45) is 3.47. The van der Waals surface area contributed by atoms with Gasteiger partial charge in [-0.2, -0.15) is 0 Å². The number of aliphatic hydroxyl groups is 2. The second kappa shape index (κ2) is 10.4. The van der Waals surface area contributed by atoms with E-state index < -0.39 is 18.0 Å². The number of rotatable bonds is 4. The lowest BCUT2D eigenvalue weighted by molar-refractivity contribution is -0.132. The molecule has 0 radical (unpaired) electrons. The summed E-state index contributed by atoms with van der Waals surface area (Å²) in [5.74, 6) is -2.07. The van der Waals surface area contributed by atoms with E-state index in [1.807, 2.05) is 0 Å². The molecule has 0 heterocycles. The maximum absolute atomic E-state index is 9.71. The van der Waals surface area contributed by atoms with E-state index in [9.17, 15) is 9.59 Å². The molecule has 86 valence electrons. The van der Waals surface area contributed by atoms with Crippen LogP contribution in [0.25, 0.3) is 0 Å². The Labute approximate surface area is 86.8 Å². The Balaban J connectivity index is 0. The molecule has 15 heavy (non-hydrogen) atoms. The van der Waals surface area contributed by atoms with Crippen LogP contribution in [0.2, 0.25) is 0 Å². The molecule has 1 unspecified atom stereocenters. The largest absolute Gasteiger partial charge is 0.478 e. The van der Waals surface area contributed by atoms with Crippen molar-refractivity contribution in [3.8, 4) is 0 Å². The molecule has 0 aromatic heterocycles. The molecular formula is C9H14O6. The predicted molar refractivity (Wildman–Crippen MR) is 52.3 cm³/mol. The van der Waals surface area contributed by atoms with Gasteiger partial charge >= 0.3 is 11.9 Å². The monoisotopic (exact) mass is 218 g/mol. The van der Waals surface area contributed by atoms with Crippen molar-refractivity contribution >= 4 is 11.9 Å². The van der Waals surface area contributed by atoms with Crippen LogP contribution in [0.4, 0.5) is 0 Å². The Morgan fingerprint density at radius 1 is 1.20 bits per heavy atom. The van der Waals surface area contributed by atoms with Crippen molar-refractivity contribution in [3.05, 3.63) is 24.3 Å². The number of hydrogen-bond donors (Lipinski definition) is 4. The van der Waals surface area contributed by atoms with Crippen LogP contribution in [0.5, 0.6) is 0 Å². The smallest absolute Gasteiger partial charge is 0.328 e. The predicted octanol–water partition coefficient (Wildman–Crippen LogP) is -0.372. The zero-order valence-corrected chi connectivity index (χ0v) is 8.20. The minimum Gasteiger partial charge on any atom is -0.478 e. The highest BCUT2D eigenvalue weighted by atomic mass is 16.4. The van der Waals surface area contributed by atoms with E-state index in [1.165, 1.54) is 13.0 Å². The van der Waals surface area contributed by atoms with Crippen LogP contribution in [0.1, 0.15) is 6.92 Å². The lowest BCUT2D eigenvalue weighted by Crippen LogP contribution is -1.95. The second-order valence-corrected chi connectivity index (χ2v) is 2.36. The van der Waals surface area contributed by atoms with Gasteiger partial charge in [0.2, 0.25) is 0 Å². The molecule has 0 saturated heterocycles. The molecule has 0 aliphatic heterocycles. The molecule has 0 amide bonds. The number of carbonyl (C=O) groups is 2. The highest BCUT2D eigenvalue weighted by molar-refractivity contribution is 5.80. The summed E-state index contributed by atoms with van der Waals surface area (Å²) < 4.78 is 0. The zero-order chi connectivity index (χ0) is 12.3. The quantitative estimate of drug-likeness (QED) is 0.478. The molecule has 6 heteroatoms. The van der Waals surface area contributed by atoms with E-state index in [0.29, 0.717) is 0 Å². The summed E-state index contributed by atoms with van der Waals surface area (Å²) in [5, 5.41) is 32.2. The van der Waals surface area contributed by atoms with Gasteiger partial charge in [-0.3, -0.25) is 0 Å². The van der Waals surface area contributed by atoms with Crippen LogP contribution in [0.15, 0.2) is 24.3 Å². The van der Waals surface area contributed by atoms with Crippen LogP contribution in [0.3, 0.4) is 0 Å². The van der Waals surface area contributed by atoms with Gasteiger partial charge in [0.1, 0.15) is 0 Å². The summed E-state index contributed by atoms with van der Waals surface area (Å²) in [5.41, 5.74) is 0. The fourth-order valence-corrected chi connectivity index (χ4v) is 0.375. The lowest BCUT2D eigenvalue weighted by atomic mass is 10.4. The Morgan fingerprint density at radius 3 is 1.80 bits per heavy atom. The van der Waals surface area contributed by atoms with Gasteiger partial charge in [0.05, 0.1) is 12.7 Å². The first-order valence-electron chi connectivity index (χ1n) is 3.99. The first-order valence-corrected chi connectivity index (χ1v) is 3.99. The minimum absolute atomic E-state index is 0.216. The Bertz CT molecular complexity index is 241. The van der Waals surface area contributed by atoms with E-state index in [-0.39, 0.29) is 6.61 Å². The van der Waals surface area contributed by atoms with Crippen LogP contribution < -0.4 is 0 Å². The molecule has 0 fully saturated rings. The van der Waals surface area contributed by atoms with Crippen LogP contribution >= 0.6 is 0 Å². The molecule has 6 nitrogen and oxygen atoms in total. The third-order valence-electron chi connectivity index (χ3n) is 0.883. The fraction of sp³-hybridized carbons (Fsp3) is 0.333. The average molecular weight is 218 g/mol. The van der Waals surface area contributed by atoms with Crippen LogP contribution in [0, 0.1) is 0 Å². The summed E-state index contributed by atoms with van der Waals surface area (Å²) in [6.45, 7) is 1.27. The number of carboxylic acid groups (broad SMARTS) is 2. The molecule has 4 N–H and O–H groups in total. The minimum atomic E-state index is -1.04. The number of carboxylic acids is 2. The maximum Gasteiger partial charge on any atom is 0.328 e. The van der Waals surface area contributed by atoms with Crippen molar-refractivity contribution in [2.45, 2.75) is 13.0 Å². The first-order chi connectivity index (χ1) is 6.90. The van der Waals surface area contributed by atoms with Crippen molar-refractivity contribution in [2.75, 3.05) is 6.61 Å². The molecule has 0 rings (SSSR count). The van der Waals surface area contributed by atoms with E-state index in [4.69, 9.17) is 20.4 Å². The fourth-order valence-electron chi connectivity index (χ4n) is 0.375. The molecule has 0 aromatic rings. The molecule has 0 aromatic carbocycles. The summed E-state index contributed by atoms with van der Waals surface area (Å²) in [6, 6.07) is 0. The third-order valence-corrected chi connectivity index (χ3v) is 0.883. The van der Waals surface area contributed by atoms with Crippen molar-refractivity contribution in [1.29, 1.82) is 0 Å². The van der Waals surface area contributed by atoms with Gasteiger partial charge in [0, 0.05) is 12.2 Å². The normalized spacial score (nSPS) is 12.2. The van der Waals surface area contributed by atoms with E-state index in [0.717, 1.165) is 18.2 Å². The van der Waals surface area contributed by atoms with Gasteiger partial charge in [0.15, 0.2) is 0 Å². The van der Waals surface area contributed by atoms with Crippen molar-refractivity contribution in [3.63, 3.8) is 0 Å². The van der Waals surface area contributed by atoms with Crippen molar-refractivity contribution < 1.29 is 30.0 Å². The summed E-state index contributed by atoms with van der Waals surface area (Å²) in [4.78, 5) is 19.3. The van der Waals surface area contributed by atoms with Crippen molar-refractivity contribution in [1.82, 2.24) is 0 Å². The van der Waals surface area contributed by atoms with Crippen LogP contribution in [-0.4, -0.2) is 45.1 Å². The lowest BCUT2D eigenvalue weighted by Gasteiger charge is -1.88. The molecule has 0 spiro atoms. The summed E-state index contributed by atoms with van der Waals surface area (Å²) >= 11 is 0. The van der Waals surface area contributed by atoms with Gasteiger partial charge < -0.3 is 20.4 Å². The maximum atomic E-state index is 9.71. The molecule has 0 aliphatic rings. The van der Waals surface area contributed by atoms with Gasteiger partial charge in [-0.1, -0.05) is 6.08 Å². The summed E-state index contributed by atoms with van der Waals surface area (Å²) in [7, 11) is 0. The number of hydrogen-bond acceptors (Lipinski definition) is 4. The zero-order valence-electron chi connectivity index (χ0n) is 8.20. The Morgan fingerprint density at radius 2 is 1.67 bits per heavy atom. The Hall–Kier alpha value is -1.66. The van der Waals surface area contributed by atoms with Crippen LogP contribution in [-0.2, 0) is 9.59 Å². The molecule has 0 saturated carbocycles. The van der Waals surface area contributed by atoms with Crippen molar-refractivity contribution in [2.24, 2.45) is 0 Å². The first kappa shape index (κ1) is 15.8. The molecule has 0 bridgehead atoms. The molecule has 0 aliphatic carbocycles. The van der Waals surface area contributed by atoms with Gasteiger partial charge in [-0.05, 0) is 13.0 Å². The Kier molecular flexibility index (Phi) is 11.0. The molecule has 1 atom stereocenters. The van der Waals surface area contributed by atoms with E-state index in [1.54, 1.807) is 0 Å². The number of aliphatic hydroxyl groups excluding tert-OH is 2. The standard InChI is InChI=1S/C5H8O3.C4H6O3/c1-4(6)2-3-5(7)8;5-3-1-2-4(6)7/h2-4,6H,1H3,(H,7,8);1-2,5H,3H2,(H,6,7). The number of aliphatic carboxylic acids is 2. The topological polar surface area (TPSA) is 115 Å². The van der Waals surface area contributed by atoms with E-state index in [2.05, 4.69) is 0 Å². The highest BCUT2D eigenvalue weighted by Crippen LogP contribution is 1.80. The van der Waals surface area contributed by atoms with Gasteiger partial charge in [-0.15, -0.1) is 0 Å².